The summed E-state index contributed by atoms with van der Waals surface area (Å²) < 4.78 is 5.48. The van der Waals surface area contributed by atoms with Gasteiger partial charge in [-0.1, -0.05) is 38.0 Å². The summed E-state index contributed by atoms with van der Waals surface area (Å²) in [5.41, 5.74) is 2.55. The Morgan fingerprint density at radius 1 is 1.32 bits per heavy atom. The number of aryl methyl sites for hydroxylation is 1. The van der Waals surface area contributed by atoms with E-state index in [1.165, 1.54) is 23.3 Å². The van der Waals surface area contributed by atoms with Crippen molar-refractivity contribution in [2.24, 2.45) is 5.92 Å². The first kappa shape index (κ1) is 16.4. The standard InChI is InChI=1S/C16H27NOS/c1-6-12(2)10-19-11-15(17-4)14-9-13(3)7-8-16(14)18-5/h7-9,12,15,17H,6,10-11H2,1-5H3. The molecule has 0 spiro atoms. The largest absolute Gasteiger partial charge is 0.496 e. The lowest BCUT2D eigenvalue weighted by atomic mass is 10.0. The molecule has 1 N–H and O–H groups in total. The number of methoxy groups -OCH3 is 1. The third-order valence-corrected chi connectivity index (χ3v) is 4.87. The van der Waals surface area contributed by atoms with Crippen molar-refractivity contribution in [3.63, 3.8) is 0 Å². The molecule has 0 amide bonds. The summed E-state index contributed by atoms with van der Waals surface area (Å²) in [6.45, 7) is 6.70. The Balaban J connectivity index is 2.71. The molecule has 1 aromatic rings. The number of hydrogen-bond acceptors (Lipinski definition) is 3. The van der Waals surface area contributed by atoms with Gasteiger partial charge in [0.1, 0.15) is 5.75 Å². The van der Waals surface area contributed by atoms with Crippen molar-refractivity contribution in [2.75, 3.05) is 25.7 Å². The van der Waals surface area contributed by atoms with E-state index in [9.17, 15) is 0 Å². The quantitative estimate of drug-likeness (QED) is 0.777. The molecule has 108 valence electrons. The topological polar surface area (TPSA) is 21.3 Å². The van der Waals surface area contributed by atoms with Gasteiger partial charge in [0.05, 0.1) is 7.11 Å². The van der Waals surface area contributed by atoms with Crippen molar-refractivity contribution in [3.05, 3.63) is 29.3 Å². The van der Waals surface area contributed by atoms with Gasteiger partial charge in [-0.25, -0.2) is 0 Å². The second-order valence-electron chi connectivity index (χ2n) is 5.14. The van der Waals surface area contributed by atoms with E-state index in [0.29, 0.717) is 6.04 Å². The third-order valence-electron chi connectivity index (χ3n) is 3.49. The van der Waals surface area contributed by atoms with Gasteiger partial charge in [0.25, 0.3) is 0 Å². The number of benzene rings is 1. The summed E-state index contributed by atoms with van der Waals surface area (Å²) in [5.74, 6) is 4.08. The molecule has 1 aromatic carbocycles. The Hall–Kier alpha value is -0.670. The molecule has 1 rings (SSSR count). The van der Waals surface area contributed by atoms with Crippen molar-refractivity contribution < 1.29 is 4.74 Å². The van der Waals surface area contributed by atoms with Gasteiger partial charge in [0.15, 0.2) is 0 Å². The SMILES string of the molecule is CCC(C)CSCC(NC)c1cc(C)ccc1OC. The molecule has 0 heterocycles. The molecule has 0 bridgehead atoms. The maximum Gasteiger partial charge on any atom is 0.123 e. The Labute approximate surface area is 122 Å². The highest BCUT2D eigenvalue weighted by Gasteiger charge is 2.15. The predicted octanol–water partition coefficient (Wildman–Crippen LogP) is 4.04. The van der Waals surface area contributed by atoms with Gasteiger partial charge in [0, 0.05) is 17.4 Å². The molecule has 2 unspecified atom stereocenters. The van der Waals surface area contributed by atoms with Crippen LogP contribution in [-0.2, 0) is 0 Å². The highest BCUT2D eigenvalue weighted by atomic mass is 32.2. The zero-order chi connectivity index (χ0) is 14.3. The Kier molecular flexibility index (Phi) is 7.32. The Bertz CT molecular complexity index is 381. The van der Waals surface area contributed by atoms with Gasteiger partial charge in [-0.05, 0) is 31.7 Å². The van der Waals surface area contributed by atoms with Crippen LogP contribution in [0.25, 0.3) is 0 Å². The van der Waals surface area contributed by atoms with E-state index in [-0.39, 0.29) is 0 Å². The minimum atomic E-state index is 0.351. The van der Waals surface area contributed by atoms with Crippen LogP contribution in [0, 0.1) is 12.8 Å². The number of thioether (sulfide) groups is 1. The molecule has 2 atom stereocenters. The van der Waals surface area contributed by atoms with Crippen LogP contribution in [0.5, 0.6) is 5.75 Å². The molecule has 0 aliphatic heterocycles. The van der Waals surface area contributed by atoms with Gasteiger partial charge in [-0.15, -0.1) is 0 Å². The van der Waals surface area contributed by atoms with E-state index in [1.807, 2.05) is 18.8 Å². The molecular weight excluding hydrogens is 254 g/mol. The summed E-state index contributed by atoms with van der Waals surface area (Å²) in [7, 11) is 3.77. The fraction of sp³-hybridized carbons (Fsp3) is 0.625. The van der Waals surface area contributed by atoms with Crippen LogP contribution in [-0.4, -0.2) is 25.7 Å². The lowest BCUT2D eigenvalue weighted by Crippen LogP contribution is -2.20. The fourth-order valence-corrected chi connectivity index (χ4v) is 3.32. The van der Waals surface area contributed by atoms with E-state index >= 15 is 0 Å². The lowest BCUT2D eigenvalue weighted by Gasteiger charge is -2.20. The summed E-state index contributed by atoms with van der Waals surface area (Å²) in [6, 6.07) is 6.74. The van der Waals surface area contributed by atoms with Crippen LogP contribution in [0.1, 0.15) is 37.4 Å². The molecule has 0 aliphatic carbocycles. The highest BCUT2D eigenvalue weighted by Crippen LogP contribution is 2.29. The van der Waals surface area contributed by atoms with E-state index in [0.717, 1.165) is 17.4 Å². The molecule has 0 saturated carbocycles. The number of rotatable bonds is 8. The lowest BCUT2D eigenvalue weighted by molar-refractivity contribution is 0.404. The van der Waals surface area contributed by atoms with Crippen LogP contribution < -0.4 is 10.1 Å². The first-order valence-electron chi connectivity index (χ1n) is 7.01. The zero-order valence-corrected chi connectivity index (χ0v) is 13.6. The van der Waals surface area contributed by atoms with Crippen molar-refractivity contribution in [1.29, 1.82) is 0 Å². The molecule has 2 nitrogen and oxygen atoms in total. The van der Waals surface area contributed by atoms with Crippen LogP contribution >= 0.6 is 11.8 Å². The number of hydrogen-bond donors (Lipinski definition) is 1. The smallest absolute Gasteiger partial charge is 0.123 e. The second-order valence-corrected chi connectivity index (χ2v) is 6.21. The normalized spacial score (nSPS) is 14.2. The highest BCUT2D eigenvalue weighted by molar-refractivity contribution is 7.99. The Morgan fingerprint density at radius 3 is 2.63 bits per heavy atom. The van der Waals surface area contributed by atoms with Crippen LogP contribution in [0.2, 0.25) is 0 Å². The maximum atomic E-state index is 5.48. The van der Waals surface area contributed by atoms with E-state index in [1.54, 1.807) is 7.11 Å². The summed E-state index contributed by atoms with van der Waals surface area (Å²) in [6.07, 6.45) is 1.25. The van der Waals surface area contributed by atoms with Gasteiger partial charge in [-0.3, -0.25) is 0 Å². The van der Waals surface area contributed by atoms with Crippen LogP contribution in [0.15, 0.2) is 18.2 Å². The van der Waals surface area contributed by atoms with Gasteiger partial charge < -0.3 is 10.1 Å². The molecule has 0 saturated heterocycles. The maximum absolute atomic E-state index is 5.48. The summed E-state index contributed by atoms with van der Waals surface area (Å²) in [5, 5.41) is 3.41. The van der Waals surface area contributed by atoms with Crippen molar-refractivity contribution >= 4 is 11.8 Å². The van der Waals surface area contributed by atoms with Gasteiger partial charge >= 0.3 is 0 Å². The van der Waals surface area contributed by atoms with Gasteiger partial charge in [-0.2, -0.15) is 11.8 Å². The molecule has 0 aromatic heterocycles. The van der Waals surface area contributed by atoms with Crippen molar-refractivity contribution in [1.82, 2.24) is 5.32 Å². The average Bonchev–Trinajstić information content (AvgIpc) is 2.43. The molecular formula is C16H27NOS. The molecule has 0 fully saturated rings. The predicted molar refractivity (Wildman–Crippen MR) is 86.3 cm³/mol. The number of nitrogens with one attached hydrogen (secondary N) is 1. The Morgan fingerprint density at radius 2 is 2.05 bits per heavy atom. The van der Waals surface area contributed by atoms with Crippen molar-refractivity contribution in [2.45, 2.75) is 33.2 Å². The first-order chi connectivity index (χ1) is 9.12. The fourth-order valence-electron chi connectivity index (χ4n) is 1.96. The van der Waals surface area contributed by atoms with Crippen molar-refractivity contribution in [3.8, 4) is 5.75 Å². The molecule has 19 heavy (non-hydrogen) atoms. The van der Waals surface area contributed by atoms with E-state index in [4.69, 9.17) is 4.74 Å². The summed E-state index contributed by atoms with van der Waals surface area (Å²) >= 11 is 2.02. The van der Waals surface area contributed by atoms with Gasteiger partial charge in [0.2, 0.25) is 0 Å². The molecule has 0 aliphatic rings. The minimum absolute atomic E-state index is 0.351. The minimum Gasteiger partial charge on any atom is -0.496 e. The summed E-state index contributed by atoms with van der Waals surface area (Å²) in [4.78, 5) is 0. The van der Waals surface area contributed by atoms with Crippen LogP contribution in [0.4, 0.5) is 0 Å². The monoisotopic (exact) mass is 281 g/mol. The second kappa shape index (κ2) is 8.49. The number of ether oxygens (including phenoxy) is 1. The third kappa shape index (κ3) is 5.07. The average molecular weight is 281 g/mol. The first-order valence-corrected chi connectivity index (χ1v) is 8.17. The molecule has 3 heteroatoms. The van der Waals surface area contributed by atoms with E-state index < -0.39 is 0 Å². The molecule has 0 radical (unpaired) electrons. The van der Waals surface area contributed by atoms with Crippen LogP contribution in [0.3, 0.4) is 0 Å². The zero-order valence-electron chi connectivity index (χ0n) is 12.8. The van der Waals surface area contributed by atoms with E-state index in [2.05, 4.69) is 44.3 Å².